The molecule has 0 aliphatic rings. The van der Waals surface area contributed by atoms with E-state index in [0.29, 0.717) is 15.6 Å². The van der Waals surface area contributed by atoms with Gasteiger partial charge in [-0.2, -0.15) is 0 Å². The van der Waals surface area contributed by atoms with Crippen molar-refractivity contribution in [1.82, 2.24) is 5.32 Å². The average Bonchev–Trinajstić information content (AvgIpc) is 2.22. The Bertz CT molecular complexity index is 384. The number of nitrogens with one attached hydrogen (secondary N) is 1. The fourth-order valence-corrected chi connectivity index (χ4v) is 1.63. The van der Waals surface area contributed by atoms with Gasteiger partial charge in [0.25, 0.3) is 0 Å². The molecule has 1 atom stereocenters. The molecular weight excluding hydrogens is 253 g/mol. The molecule has 3 N–H and O–H groups in total. The molecule has 0 heterocycles. The van der Waals surface area contributed by atoms with Crippen molar-refractivity contribution in [3.8, 4) is 0 Å². The first-order valence-electron chi connectivity index (χ1n) is 4.58. The second-order valence-corrected chi connectivity index (χ2v) is 4.04. The van der Waals surface area contributed by atoms with Crippen LogP contribution in [0.5, 0.6) is 0 Å². The van der Waals surface area contributed by atoms with E-state index >= 15 is 0 Å². The van der Waals surface area contributed by atoms with Gasteiger partial charge >= 0.3 is 6.09 Å². The monoisotopic (exact) mass is 263 g/mol. The minimum absolute atomic E-state index is 0.0435. The smallest absolute Gasteiger partial charge is 0.404 e. The summed E-state index contributed by atoms with van der Waals surface area (Å²) >= 11 is 11.7. The Morgan fingerprint density at radius 3 is 2.75 bits per heavy atom. The number of aliphatic hydroxyl groups is 1. The zero-order valence-electron chi connectivity index (χ0n) is 8.28. The molecule has 1 amide bonds. The maximum Gasteiger partial charge on any atom is 0.404 e. The van der Waals surface area contributed by atoms with Crippen LogP contribution in [0.15, 0.2) is 18.2 Å². The number of aliphatic hydroxyl groups excluding tert-OH is 1. The highest BCUT2D eigenvalue weighted by Gasteiger charge is 2.11. The van der Waals surface area contributed by atoms with E-state index in [1.54, 1.807) is 18.2 Å². The van der Waals surface area contributed by atoms with Crippen molar-refractivity contribution in [3.63, 3.8) is 0 Å². The third kappa shape index (κ3) is 3.89. The maximum atomic E-state index is 10.2. The van der Waals surface area contributed by atoms with Crippen LogP contribution < -0.4 is 5.32 Å². The van der Waals surface area contributed by atoms with Gasteiger partial charge in [0.1, 0.15) is 0 Å². The summed E-state index contributed by atoms with van der Waals surface area (Å²) in [5.74, 6) is 0. The molecule has 0 spiro atoms. The van der Waals surface area contributed by atoms with Crippen LogP contribution in [0.25, 0.3) is 0 Å². The lowest BCUT2D eigenvalue weighted by atomic mass is 10.1. The Hall–Kier alpha value is -0.970. The average molecular weight is 264 g/mol. The molecule has 1 aromatic carbocycles. The Morgan fingerprint density at radius 1 is 1.44 bits per heavy atom. The highest BCUT2D eigenvalue weighted by atomic mass is 35.5. The zero-order chi connectivity index (χ0) is 12.1. The van der Waals surface area contributed by atoms with E-state index in [9.17, 15) is 9.90 Å². The molecule has 6 heteroatoms. The number of carbonyl (C=O) groups is 1. The van der Waals surface area contributed by atoms with Crippen molar-refractivity contribution < 1.29 is 15.0 Å². The molecule has 88 valence electrons. The first kappa shape index (κ1) is 13.1. The summed E-state index contributed by atoms with van der Waals surface area (Å²) in [6.07, 6.45) is -1.75. The third-order valence-corrected chi connectivity index (χ3v) is 2.83. The quantitative estimate of drug-likeness (QED) is 0.780. The number of hydrogen-bond acceptors (Lipinski definition) is 2. The van der Waals surface area contributed by atoms with E-state index < -0.39 is 12.2 Å². The van der Waals surface area contributed by atoms with Crippen molar-refractivity contribution in [3.05, 3.63) is 33.8 Å². The molecule has 0 aliphatic heterocycles. The topological polar surface area (TPSA) is 69.6 Å². The fraction of sp³-hybridized carbons (Fsp3) is 0.300. The Morgan fingerprint density at radius 2 is 2.12 bits per heavy atom. The SMILES string of the molecule is O=C(O)NCC(O)Cc1cccc(Cl)c1Cl. The summed E-state index contributed by atoms with van der Waals surface area (Å²) in [6, 6.07) is 5.11. The van der Waals surface area contributed by atoms with Crippen molar-refractivity contribution in [2.24, 2.45) is 0 Å². The molecule has 0 bridgehead atoms. The van der Waals surface area contributed by atoms with Gasteiger partial charge in [-0.25, -0.2) is 4.79 Å². The Labute approximate surface area is 103 Å². The van der Waals surface area contributed by atoms with Crippen LogP contribution in [0, 0.1) is 0 Å². The Balaban J connectivity index is 2.59. The minimum Gasteiger partial charge on any atom is -0.465 e. The summed E-state index contributed by atoms with van der Waals surface area (Å²) in [5.41, 5.74) is 0.689. The molecule has 1 unspecified atom stereocenters. The number of benzene rings is 1. The lowest BCUT2D eigenvalue weighted by Crippen LogP contribution is -2.32. The number of rotatable bonds is 4. The standard InChI is InChI=1S/C10H11Cl2NO3/c11-8-3-1-2-6(9(8)12)4-7(14)5-13-10(15)16/h1-3,7,13-14H,4-5H2,(H,15,16). The van der Waals surface area contributed by atoms with E-state index in [4.69, 9.17) is 28.3 Å². The van der Waals surface area contributed by atoms with E-state index in [2.05, 4.69) is 5.32 Å². The van der Waals surface area contributed by atoms with Gasteiger partial charge in [-0.05, 0) is 11.6 Å². The molecular formula is C10H11Cl2NO3. The molecule has 0 aliphatic carbocycles. The first-order chi connectivity index (χ1) is 7.50. The summed E-state index contributed by atoms with van der Waals surface area (Å²) in [5, 5.41) is 20.8. The lowest BCUT2D eigenvalue weighted by Gasteiger charge is -2.12. The molecule has 4 nitrogen and oxygen atoms in total. The highest BCUT2D eigenvalue weighted by molar-refractivity contribution is 6.42. The summed E-state index contributed by atoms with van der Waals surface area (Å²) in [4.78, 5) is 10.2. The first-order valence-corrected chi connectivity index (χ1v) is 5.34. The van der Waals surface area contributed by atoms with Gasteiger partial charge in [-0.1, -0.05) is 35.3 Å². The van der Waals surface area contributed by atoms with Crippen LogP contribution in [-0.2, 0) is 6.42 Å². The molecule has 0 aromatic heterocycles. The molecule has 0 saturated heterocycles. The van der Waals surface area contributed by atoms with E-state index in [1.165, 1.54) is 0 Å². The van der Waals surface area contributed by atoms with Gasteiger partial charge in [0.2, 0.25) is 0 Å². The van der Waals surface area contributed by atoms with Gasteiger partial charge in [0.05, 0.1) is 16.1 Å². The van der Waals surface area contributed by atoms with E-state index in [-0.39, 0.29) is 13.0 Å². The molecule has 1 aromatic rings. The largest absolute Gasteiger partial charge is 0.465 e. The van der Waals surface area contributed by atoms with Gasteiger partial charge in [0, 0.05) is 13.0 Å². The Kier molecular flexibility index (Phi) is 4.86. The number of amides is 1. The maximum absolute atomic E-state index is 10.2. The predicted octanol–water partition coefficient (Wildman–Crippen LogP) is 2.16. The van der Waals surface area contributed by atoms with E-state index in [1.807, 2.05) is 0 Å². The highest BCUT2D eigenvalue weighted by Crippen LogP contribution is 2.26. The van der Waals surface area contributed by atoms with Crippen molar-refractivity contribution >= 4 is 29.3 Å². The molecule has 0 radical (unpaired) electrons. The van der Waals surface area contributed by atoms with Gasteiger partial charge < -0.3 is 15.5 Å². The molecule has 0 saturated carbocycles. The molecule has 0 fully saturated rings. The van der Waals surface area contributed by atoms with Crippen LogP contribution >= 0.6 is 23.2 Å². The third-order valence-electron chi connectivity index (χ3n) is 1.98. The second kappa shape index (κ2) is 5.94. The van der Waals surface area contributed by atoms with Gasteiger partial charge in [-0.15, -0.1) is 0 Å². The molecule has 16 heavy (non-hydrogen) atoms. The van der Waals surface area contributed by atoms with Crippen LogP contribution in [0.2, 0.25) is 10.0 Å². The second-order valence-electron chi connectivity index (χ2n) is 3.26. The van der Waals surface area contributed by atoms with Crippen LogP contribution in [0.1, 0.15) is 5.56 Å². The lowest BCUT2D eigenvalue weighted by molar-refractivity contribution is 0.157. The number of halogens is 2. The summed E-state index contributed by atoms with van der Waals surface area (Å²) in [6.45, 7) is -0.0435. The van der Waals surface area contributed by atoms with Crippen LogP contribution in [0.4, 0.5) is 4.79 Å². The van der Waals surface area contributed by atoms with Crippen molar-refractivity contribution in [2.75, 3.05) is 6.54 Å². The van der Waals surface area contributed by atoms with Gasteiger partial charge in [-0.3, -0.25) is 0 Å². The van der Waals surface area contributed by atoms with Gasteiger partial charge in [0.15, 0.2) is 0 Å². The normalized spacial score (nSPS) is 12.2. The van der Waals surface area contributed by atoms with Crippen molar-refractivity contribution in [1.29, 1.82) is 0 Å². The number of carboxylic acid groups (broad SMARTS) is 1. The van der Waals surface area contributed by atoms with Crippen LogP contribution in [0.3, 0.4) is 0 Å². The van der Waals surface area contributed by atoms with Crippen molar-refractivity contribution in [2.45, 2.75) is 12.5 Å². The van der Waals surface area contributed by atoms with E-state index in [0.717, 1.165) is 0 Å². The summed E-state index contributed by atoms with van der Waals surface area (Å²) < 4.78 is 0. The summed E-state index contributed by atoms with van der Waals surface area (Å²) in [7, 11) is 0. The number of hydrogen-bond donors (Lipinski definition) is 3. The van der Waals surface area contributed by atoms with Crippen LogP contribution in [-0.4, -0.2) is 29.0 Å². The minimum atomic E-state index is -1.17. The molecule has 1 rings (SSSR count). The zero-order valence-corrected chi connectivity index (χ0v) is 9.79. The predicted molar refractivity (Wildman–Crippen MR) is 62.2 cm³/mol. The fourth-order valence-electron chi connectivity index (χ4n) is 1.24.